The molecule has 2 heterocycles. The minimum Gasteiger partial charge on any atom is -0.356 e. The van der Waals surface area contributed by atoms with Crippen molar-refractivity contribution in [2.24, 2.45) is 0 Å². The van der Waals surface area contributed by atoms with Crippen molar-refractivity contribution < 1.29 is 10.0 Å². The van der Waals surface area contributed by atoms with Gasteiger partial charge >= 0.3 is 0 Å². The molecular formula is C20H27N5O2. The average Bonchev–Trinajstić information content (AvgIpc) is 2.72. The second kappa shape index (κ2) is 8.92. The van der Waals surface area contributed by atoms with E-state index in [4.69, 9.17) is 10.2 Å². The molecule has 1 atom stereocenters. The molecule has 1 saturated heterocycles. The Kier molecular flexibility index (Phi) is 6.36. The first-order valence-electron chi connectivity index (χ1n) is 9.46. The predicted molar refractivity (Wildman–Crippen MR) is 105 cm³/mol. The summed E-state index contributed by atoms with van der Waals surface area (Å²) in [6.45, 7) is 5.64. The molecule has 1 aliphatic rings. The minimum absolute atomic E-state index is 0.250. The van der Waals surface area contributed by atoms with Crippen molar-refractivity contribution in [1.82, 2.24) is 20.8 Å². The van der Waals surface area contributed by atoms with Crippen LogP contribution in [0.25, 0.3) is 11.4 Å². The Morgan fingerprint density at radius 1 is 1.26 bits per heavy atom. The van der Waals surface area contributed by atoms with E-state index >= 15 is 0 Å². The van der Waals surface area contributed by atoms with Crippen molar-refractivity contribution in [3.05, 3.63) is 42.1 Å². The molecule has 27 heavy (non-hydrogen) atoms. The van der Waals surface area contributed by atoms with E-state index in [1.54, 1.807) is 5.48 Å². The Bertz CT molecular complexity index is 760. The monoisotopic (exact) mass is 369 g/mol. The van der Waals surface area contributed by atoms with E-state index in [0.29, 0.717) is 6.42 Å². The summed E-state index contributed by atoms with van der Waals surface area (Å²) in [7, 11) is 0. The van der Waals surface area contributed by atoms with Crippen LogP contribution in [0.5, 0.6) is 0 Å². The fourth-order valence-electron chi connectivity index (χ4n) is 3.45. The molecule has 2 aromatic rings. The third-order valence-corrected chi connectivity index (χ3v) is 4.96. The Morgan fingerprint density at radius 3 is 2.59 bits per heavy atom. The minimum atomic E-state index is -0.376. The molecule has 0 spiro atoms. The third-order valence-electron chi connectivity index (χ3n) is 4.96. The predicted octanol–water partition coefficient (Wildman–Crippen LogP) is 2.29. The molecule has 0 unspecified atom stereocenters. The van der Waals surface area contributed by atoms with E-state index in [9.17, 15) is 4.79 Å². The molecule has 0 bridgehead atoms. The van der Waals surface area contributed by atoms with Crippen molar-refractivity contribution in [1.29, 1.82) is 0 Å². The highest BCUT2D eigenvalue weighted by Gasteiger charge is 2.25. The average molecular weight is 369 g/mol. The van der Waals surface area contributed by atoms with Gasteiger partial charge in [-0.3, -0.25) is 10.0 Å². The lowest BCUT2D eigenvalue weighted by Crippen LogP contribution is -2.51. The van der Waals surface area contributed by atoms with Gasteiger partial charge in [0, 0.05) is 36.5 Å². The second-order valence-corrected chi connectivity index (χ2v) is 6.92. The molecule has 3 N–H and O–H groups in total. The summed E-state index contributed by atoms with van der Waals surface area (Å²) in [5, 5.41) is 12.2. The number of carbonyl (C=O) groups excluding carboxylic acids is 1. The van der Waals surface area contributed by atoms with Gasteiger partial charge in [-0.05, 0) is 26.2 Å². The lowest BCUT2D eigenvalue weighted by Gasteiger charge is -2.34. The molecule has 1 aliphatic heterocycles. The molecule has 1 amide bonds. The normalized spacial score (nSPS) is 16.2. The Balaban J connectivity index is 1.66. The van der Waals surface area contributed by atoms with Crippen LogP contribution in [0.3, 0.4) is 0 Å². The van der Waals surface area contributed by atoms with E-state index < -0.39 is 0 Å². The van der Waals surface area contributed by atoms with Crippen molar-refractivity contribution in [3.8, 4) is 11.4 Å². The lowest BCUT2D eigenvalue weighted by atomic mass is 10.0. The smallest absolute Gasteiger partial charge is 0.260 e. The molecule has 7 heteroatoms. The maximum Gasteiger partial charge on any atom is 0.260 e. The number of anilines is 1. The number of carbonyl (C=O) groups is 1. The van der Waals surface area contributed by atoms with Crippen LogP contribution in [0.4, 0.5) is 5.82 Å². The van der Waals surface area contributed by atoms with Crippen molar-refractivity contribution in [3.63, 3.8) is 0 Å². The van der Waals surface area contributed by atoms with Crippen LogP contribution >= 0.6 is 0 Å². The number of benzene rings is 1. The SMILES string of the molecule is CC[C@@H](NC1CCN(c2cc(C)nc(-c3ccccc3)n2)CC1)C(=O)NO. The molecular weight excluding hydrogens is 342 g/mol. The van der Waals surface area contributed by atoms with Gasteiger partial charge in [-0.25, -0.2) is 15.4 Å². The molecule has 144 valence electrons. The summed E-state index contributed by atoms with van der Waals surface area (Å²) >= 11 is 0. The van der Waals surface area contributed by atoms with E-state index in [1.165, 1.54) is 0 Å². The number of rotatable bonds is 6. The number of piperidine rings is 1. The molecule has 1 fully saturated rings. The first kappa shape index (κ1) is 19.3. The molecule has 0 saturated carbocycles. The number of hydrogen-bond acceptors (Lipinski definition) is 6. The zero-order chi connectivity index (χ0) is 19.2. The first-order chi connectivity index (χ1) is 13.1. The summed E-state index contributed by atoms with van der Waals surface area (Å²) in [6, 6.07) is 11.9. The fourth-order valence-corrected chi connectivity index (χ4v) is 3.45. The van der Waals surface area contributed by atoms with Gasteiger partial charge in [-0.15, -0.1) is 0 Å². The van der Waals surface area contributed by atoms with E-state index in [-0.39, 0.29) is 18.0 Å². The fraction of sp³-hybridized carbons (Fsp3) is 0.450. The quantitative estimate of drug-likeness (QED) is 0.535. The number of hydroxylamine groups is 1. The van der Waals surface area contributed by atoms with Crippen LogP contribution in [-0.2, 0) is 4.79 Å². The van der Waals surface area contributed by atoms with Gasteiger partial charge in [-0.2, -0.15) is 0 Å². The number of aryl methyl sites for hydroxylation is 1. The second-order valence-electron chi connectivity index (χ2n) is 6.92. The van der Waals surface area contributed by atoms with E-state index in [2.05, 4.69) is 15.2 Å². The zero-order valence-corrected chi connectivity index (χ0v) is 15.9. The van der Waals surface area contributed by atoms with E-state index in [0.717, 1.165) is 48.8 Å². The van der Waals surface area contributed by atoms with Crippen molar-refractivity contribution in [2.75, 3.05) is 18.0 Å². The number of aromatic nitrogens is 2. The maximum atomic E-state index is 11.7. The van der Waals surface area contributed by atoms with Gasteiger partial charge in [0.2, 0.25) is 0 Å². The van der Waals surface area contributed by atoms with Crippen LogP contribution in [-0.4, -0.2) is 46.3 Å². The van der Waals surface area contributed by atoms with Crippen molar-refractivity contribution >= 4 is 11.7 Å². The van der Waals surface area contributed by atoms with Gasteiger partial charge in [-0.1, -0.05) is 37.3 Å². The largest absolute Gasteiger partial charge is 0.356 e. The maximum absolute atomic E-state index is 11.7. The van der Waals surface area contributed by atoms with Gasteiger partial charge in [0.15, 0.2) is 5.82 Å². The molecule has 7 nitrogen and oxygen atoms in total. The molecule has 0 radical (unpaired) electrons. The van der Waals surface area contributed by atoms with Crippen molar-refractivity contribution in [2.45, 2.75) is 45.2 Å². The molecule has 3 rings (SSSR count). The van der Waals surface area contributed by atoms with Crippen LogP contribution < -0.4 is 15.7 Å². The highest BCUT2D eigenvalue weighted by molar-refractivity contribution is 5.80. The van der Waals surface area contributed by atoms with Crippen LogP contribution in [0.1, 0.15) is 31.9 Å². The summed E-state index contributed by atoms with van der Waals surface area (Å²) in [6.07, 6.45) is 2.47. The summed E-state index contributed by atoms with van der Waals surface area (Å²) in [5.74, 6) is 1.32. The highest BCUT2D eigenvalue weighted by atomic mass is 16.5. The summed E-state index contributed by atoms with van der Waals surface area (Å²) in [5.41, 5.74) is 3.70. The third kappa shape index (κ3) is 4.81. The van der Waals surface area contributed by atoms with Crippen LogP contribution in [0.15, 0.2) is 36.4 Å². The summed E-state index contributed by atoms with van der Waals surface area (Å²) < 4.78 is 0. The van der Waals surface area contributed by atoms with Crippen LogP contribution in [0.2, 0.25) is 0 Å². The van der Waals surface area contributed by atoms with Gasteiger partial charge in [0.1, 0.15) is 5.82 Å². The number of nitrogens with one attached hydrogen (secondary N) is 2. The van der Waals surface area contributed by atoms with Crippen LogP contribution in [0, 0.1) is 6.92 Å². The van der Waals surface area contributed by atoms with Gasteiger partial charge in [0.25, 0.3) is 5.91 Å². The Labute approximate surface area is 159 Å². The van der Waals surface area contributed by atoms with Gasteiger partial charge < -0.3 is 10.2 Å². The number of nitrogens with zero attached hydrogens (tertiary/aromatic N) is 3. The zero-order valence-electron chi connectivity index (χ0n) is 15.9. The number of amides is 1. The van der Waals surface area contributed by atoms with E-state index in [1.807, 2.05) is 50.2 Å². The van der Waals surface area contributed by atoms with Gasteiger partial charge in [0.05, 0.1) is 6.04 Å². The topological polar surface area (TPSA) is 90.4 Å². The highest BCUT2D eigenvalue weighted by Crippen LogP contribution is 2.23. The molecule has 1 aromatic heterocycles. The Morgan fingerprint density at radius 2 is 1.96 bits per heavy atom. The first-order valence-corrected chi connectivity index (χ1v) is 9.46. The standard InChI is InChI=1S/C20H27N5O2/c1-3-17(20(26)24-27)22-16-9-11-25(12-10-16)18-13-14(2)21-19(23-18)15-7-5-4-6-8-15/h4-8,13,16-17,22,27H,3,9-12H2,1-2H3,(H,24,26)/t17-/m1/s1. The molecule has 0 aliphatic carbocycles. The lowest BCUT2D eigenvalue weighted by molar-refractivity contribution is -0.131. The number of hydrogen-bond donors (Lipinski definition) is 3. The molecule has 1 aromatic carbocycles. The Hall–Kier alpha value is -2.51. The summed E-state index contributed by atoms with van der Waals surface area (Å²) in [4.78, 5) is 23.3.